The van der Waals surface area contributed by atoms with Crippen molar-refractivity contribution in [1.29, 1.82) is 0 Å². The van der Waals surface area contributed by atoms with Crippen LogP contribution in [0.2, 0.25) is 10.0 Å². The van der Waals surface area contributed by atoms with Crippen LogP contribution in [0.5, 0.6) is 5.88 Å². The normalized spacial score (nSPS) is 10.6. The van der Waals surface area contributed by atoms with Gasteiger partial charge in [0.1, 0.15) is 10.8 Å². The van der Waals surface area contributed by atoms with E-state index in [1.54, 1.807) is 6.07 Å². The lowest BCUT2D eigenvalue weighted by atomic mass is 10.2. The first-order valence-corrected chi connectivity index (χ1v) is 6.02. The molecule has 0 atom stereocenters. The molecule has 0 spiro atoms. The molecule has 0 radical (unpaired) electrons. The lowest BCUT2D eigenvalue weighted by Gasteiger charge is -2.12. The second kappa shape index (κ2) is 6.16. The first kappa shape index (κ1) is 13.4. The highest BCUT2D eigenvalue weighted by molar-refractivity contribution is 6.36. The van der Waals surface area contributed by atoms with Crippen LogP contribution < -0.4 is 10.1 Å². The zero-order valence-corrected chi connectivity index (χ0v) is 11.2. The molecular weight excluding hydrogens is 247 g/mol. The van der Waals surface area contributed by atoms with Crippen LogP contribution in [0.4, 0.5) is 5.82 Å². The van der Waals surface area contributed by atoms with E-state index in [0.29, 0.717) is 34.3 Å². The molecule has 1 heterocycles. The molecule has 0 fully saturated rings. The van der Waals surface area contributed by atoms with Gasteiger partial charge in [0.25, 0.3) is 0 Å². The van der Waals surface area contributed by atoms with Gasteiger partial charge < -0.3 is 10.1 Å². The highest BCUT2D eigenvalue weighted by Crippen LogP contribution is 2.30. The molecule has 0 saturated heterocycles. The van der Waals surface area contributed by atoms with E-state index in [1.807, 2.05) is 6.92 Å². The Morgan fingerprint density at radius 2 is 2.06 bits per heavy atom. The summed E-state index contributed by atoms with van der Waals surface area (Å²) in [5.74, 6) is 1.46. The summed E-state index contributed by atoms with van der Waals surface area (Å²) < 4.78 is 5.50. The molecule has 0 unspecified atom stereocenters. The zero-order chi connectivity index (χ0) is 12.1. The molecule has 0 aliphatic rings. The Labute approximate surface area is 106 Å². The Morgan fingerprint density at radius 1 is 1.38 bits per heavy atom. The minimum atomic E-state index is 0.427. The number of pyridine rings is 1. The Morgan fingerprint density at radius 3 is 2.62 bits per heavy atom. The molecule has 90 valence electrons. The van der Waals surface area contributed by atoms with Crippen LogP contribution >= 0.6 is 23.2 Å². The van der Waals surface area contributed by atoms with Crippen LogP contribution in [0.3, 0.4) is 0 Å². The predicted octanol–water partition coefficient (Wildman–Crippen LogP) is 3.86. The van der Waals surface area contributed by atoms with Gasteiger partial charge in [0, 0.05) is 6.54 Å². The van der Waals surface area contributed by atoms with Gasteiger partial charge in [-0.1, -0.05) is 37.0 Å². The number of halogens is 2. The third-order valence-electron chi connectivity index (χ3n) is 1.79. The van der Waals surface area contributed by atoms with Crippen LogP contribution in [0.1, 0.15) is 20.8 Å². The van der Waals surface area contributed by atoms with Crippen molar-refractivity contribution in [3.8, 4) is 5.88 Å². The molecule has 3 nitrogen and oxygen atoms in total. The van der Waals surface area contributed by atoms with E-state index in [0.717, 1.165) is 6.54 Å². The largest absolute Gasteiger partial charge is 0.476 e. The maximum Gasteiger partial charge on any atom is 0.234 e. The first-order valence-electron chi connectivity index (χ1n) is 5.27. The van der Waals surface area contributed by atoms with Gasteiger partial charge >= 0.3 is 0 Å². The monoisotopic (exact) mass is 262 g/mol. The summed E-state index contributed by atoms with van der Waals surface area (Å²) in [7, 11) is 0. The van der Waals surface area contributed by atoms with Crippen molar-refractivity contribution >= 4 is 29.0 Å². The van der Waals surface area contributed by atoms with Crippen LogP contribution in [0.25, 0.3) is 0 Å². The Balaban J connectivity index is 2.86. The maximum atomic E-state index is 5.99. The first-order chi connectivity index (χ1) is 7.54. The molecule has 1 N–H and O–H groups in total. The molecule has 0 aliphatic heterocycles. The molecule has 16 heavy (non-hydrogen) atoms. The van der Waals surface area contributed by atoms with E-state index in [2.05, 4.69) is 24.1 Å². The minimum absolute atomic E-state index is 0.427. The lowest BCUT2D eigenvalue weighted by Crippen LogP contribution is -2.08. The van der Waals surface area contributed by atoms with Gasteiger partial charge in [-0.3, -0.25) is 0 Å². The number of nitrogens with one attached hydrogen (secondary N) is 1. The van der Waals surface area contributed by atoms with E-state index in [1.165, 1.54) is 0 Å². The van der Waals surface area contributed by atoms with Crippen molar-refractivity contribution in [3.63, 3.8) is 0 Å². The Kier molecular flexibility index (Phi) is 5.16. The van der Waals surface area contributed by atoms with Gasteiger partial charge in [0.15, 0.2) is 0 Å². The van der Waals surface area contributed by atoms with Gasteiger partial charge in [0.05, 0.1) is 11.6 Å². The quantitative estimate of drug-likeness (QED) is 0.875. The Bertz CT molecular complexity index is 356. The van der Waals surface area contributed by atoms with Crippen molar-refractivity contribution in [2.45, 2.75) is 20.8 Å². The second-order valence-electron chi connectivity index (χ2n) is 3.84. The highest BCUT2D eigenvalue weighted by Gasteiger charge is 2.10. The molecule has 0 saturated carbocycles. The van der Waals surface area contributed by atoms with Crippen molar-refractivity contribution in [2.24, 2.45) is 5.92 Å². The number of rotatable bonds is 5. The van der Waals surface area contributed by atoms with Crippen molar-refractivity contribution in [2.75, 3.05) is 18.5 Å². The topological polar surface area (TPSA) is 34.2 Å². The molecule has 0 aliphatic carbocycles. The summed E-state index contributed by atoms with van der Waals surface area (Å²) in [5.41, 5.74) is 0. The number of nitrogens with zero attached hydrogens (tertiary/aromatic N) is 1. The third-order valence-corrected chi connectivity index (χ3v) is 2.35. The summed E-state index contributed by atoms with van der Waals surface area (Å²) >= 11 is 12.0. The molecule has 1 aromatic heterocycles. The van der Waals surface area contributed by atoms with Crippen molar-refractivity contribution in [1.82, 2.24) is 4.98 Å². The summed E-state index contributed by atoms with van der Waals surface area (Å²) in [6.07, 6.45) is 0. The number of aromatic nitrogens is 1. The average molecular weight is 263 g/mol. The Hall–Kier alpha value is -0.670. The SMILES string of the molecule is CCNc1nc(OCC(C)C)c(Cl)cc1Cl. The van der Waals surface area contributed by atoms with E-state index >= 15 is 0 Å². The van der Waals surface area contributed by atoms with Crippen LogP contribution in [-0.2, 0) is 0 Å². The summed E-state index contributed by atoms with van der Waals surface area (Å²) in [6.45, 7) is 7.43. The minimum Gasteiger partial charge on any atom is -0.476 e. The molecular formula is C11H16Cl2N2O. The van der Waals surface area contributed by atoms with Crippen LogP contribution in [-0.4, -0.2) is 18.1 Å². The number of hydrogen-bond acceptors (Lipinski definition) is 3. The molecule has 0 amide bonds. The second-order valence-corrected chi connectivity index (χ2v) is 4.66. The van der Waals surface area contributed by atoms with Crippen molar-refractivity contribution in [3.05, 3.63) is 16.1 Å². The standard InChI is InChI=1S/C11H16Cl2N2O/c1-4-14-10-8(12)5-9(13)11(15-10)16-6-7(2)3/h5,7H,4,6H2,1-3H3,(H,14,15). The van der Waals surface area contributed by atoms with E-state index in [-0.39, 0.29) is 0 Å². The van der Waals surface area contributed by atoms with Crippen molar-refractivity contribution < 1.29 is 4.74 Å². The van der Waals surface area contributed by atoms with Crippen LogP contribution in [0.15, 0.2) is 6.07 Å². The fraction of sp³-hybridized carbons (Fsp3) is 0.545. The van der Waals surface area contributed by atoms with Gasteiger partial charge in [-0.15, -0.1) is 0 Å². The zero-order valence-electron chi connectivity index (χ0n) is 9.68. The van der Waals surface area contributed by atoms with Crippen LogP contribution in [0, 0.1) is 5.92 Å². The van der Waals surface area contributed by atoms with E-state index < -0.39 is 0 Å². The number of hydrogen-bond donors (Lipinski definition) is 1. The molecule has 1 aromatic rings. The smallest absolute Gasteiger partial charge is 0.234 e. The molecule has 5 heteroatoms. The fourth-order valence-corrected chi connectivity index (χ4v) is 1.57. The maximum absolute atomic E-state index is 5.99. The highest BCUT2D eigenvalue weighted by atomic mass is 35.5. The summed E-state index contributed by atoms with van der Waals surface area (Å²) in [6, 6.07) is 1.64. The third kappa shape index (κ3) is 3.72. The predicted molar refractivity (Wildman–Crippen MR) is 68.8 cm³/mol. The van der Waals surface area contributed by atoms with E-state index in [4.69, 9.17) is 27.9 Å². The number of anilines is 1. The van der Waals surface area contributed by atoms with Gasteiger partial charge in [0.2, 0.25) is 5.88 Å². The summed E-state index contributed by atoms with van der Waals surface area (Å²) in [4.78, 5) is 4.24. The van der Waals surface area contributed by atoms with Gasteiger partial charge in [-0.25, -0.2) is 0 Å². The lowest BCUT2D eigenvalue weighted by molar-refractivity contribution is 0.262. The average Bonchev–Trinajstić information content (AvgIpc) is 2.20. The molecule has 0 aromatic carbocycles. The molecule has 0 bridgehead atoms. The van der Waals surface area contributed by atoms with Gasteiger partial charge in [-0.05, 0) is 18.9 Å². The summed E-state index contributed by atoms with van der Waals surface area (Å²) in [5, 5.41) is 3.99. The van der Waals surface area contributed by atoms with E-state index in [9.17, 15) is 0 Å². The van der Waals surface area contributed by atoms with Gasteiger partial charge in [-0.2, -0.15) is 4.98 Å². The fourth-order valence-electron chi connectivity index (χ4n) is 1.09. The number of ether oxygens (including phenoxy) is 1. The molecule has 1 rings (SSSR count).